The summed E-state index contributed by atoms with van der Waals surface area (Å²) in [6.07, 6.45) is -0.388. The topological polar surface area (TPSA) is 28.2 Å². The molecule has 0 amide bonds. The zero-order valence-corrected chi connectivity index (χ0v) is 12.0. The van der Waals surface area contributed by atoms with Crippen LogP contribution in [0.15, 0.2) is 6.07 Å². The largest absolute Gasteiger partial charge is 0.416 e. The van der Waals surface area contributed by atoms with Crippen LogP contribution in [0.3, 0.4) is 0 Å². The molecule has 1 fully saturated rings. The van der Waals surface area contributed by atoms with Gasteiger partial charge in [-0.2, -0.15) is 13.2 Å². The Hall–Kier alpha value is -1.30. The summed E-state index contributed by atoms with van der Waals surface area (Å²) in [5.74, 6) is 0.490. The number of hydrogen-bond acceptors (Lipinski definition) is 3. The Morgan fingerprint density at radius 3 is 2.48 bits per heavy atom. The molecule has 116 valence electrons. The summed E-state index contributed by atoms with van der Waals surface area (Å²) in [5.41, 5.74) is 0.623. The fourth-order valence-corrected chi connectivity index (χ4v) is 3.18. The number of nitrogens with one attached hydrogen (secondary N) is 1. The van der Waals surface area contributed by atoms with Crippen molar-refractivity contribution in [2.45, 2.75) is 38.3 Å². The molecule has 1 aliphatic heterocycles. The molecule has 3 nitrogen and oxygen atoms in total. The molecule has 0 aromatic carbocycles. The SMILES string of the molecule is FC(F)(F)c1cc(N2CCNCC2)nc2c1CCCCC2. The van der Waals surface area contributed by atoms with Crippen LogP contribution in [-0.4, -0.2) is 31.2 Å². The first-order chi connectivity index (χ1) is 10.1. The maximum atomic E-state index is 13.4. The van der Waals surface area contributed by atoms with Crippen molar-refractivity contribution in [2.75, 3.05) is 31.1 Å². The first-order valence-electron chi connectivity index (χ1n) is 7.61. The van der Waals surface area contributed by atoms with Gasteiger partial charge in [0, 0.05) is 31.9 Å². The number of aromatic nitrogens is 1. The van der Waals surface area contributed by atoms with E-state index in [-0.39, 0.29) is 0 Å². The molecule has 6 heteroatoms. The summed E-state index contributed by atoms with van der Waals surface area (Å²) in [5, 5.41) is 3.21. The lowest BCUT2D eigenvalue weighted by Crippen LogP contribution is -2.44. The smallest absolute Gasteiger partial charge is 0.354 e. The van der Waals surface area contributed by atoms with Crippen LogP contribution < -0.4 is 10.2 Å². The summed E-state index contributed by atoms with van der Waals surface area (Å²) in [6.45, 7) is 3.01. The summed E-state index contributed by atoms with van der Waals surface area (Å²) in [7, 11) is 0. The van der Waals surface area contributed by atoms with Gasteiger partial charge in [-0.15, -0.1) is 0 Å². The van der Waals surface area contributed by atoms with E-state index in [4.69, 9.17) is 0 Å². The van der Waals surface area contributed by atoms with E-state index in [1.807, 2.05) is 4.90 Å². The minimum Gasteiger partial charge on any atom is -0.354 e. The van der Waals surface area contributed by atoms with Crippen LogP contribution in [0.5, 0.6) is 0 Å². The van der Waals surface area contributed by atoms with Gasteiger partial charge in [-0.3, -0.25) is 0 Å². The minimum absolute atomic E-state index is 0.430. The predicted molar refractivity (Wildman–Crippen MR) is 75.6 cm³/mol. The first-order valence-corrected chi connectivity index (χ1v) is 7.61. The molecular formula is C15H20F3N3. The molecule has 0 spiro atoms. The molecule has 2 heterocycles. The number of aryl methyl sites for hydroxylation is 1. The van der Waals surface area contributed by atoms with E-state index in [1.54, 1.807) is 0 Å². The number of pyridine rings is 1. The van der Waals surface area contributed by atoms with Crippen molar-refractivity contribution in [3.05, 3.63) is 22.9 Å². The van der Waals surface area contributed by atoms with E-state index in [0.29, 0.717) is 43.0 Å². The average Bonchev–Trinajstić information content (AvgIpc) is 2.71. The Balaban J connectivity index is 2.04. The molecule has 3 rings (SSSR count). The van der Waals surface area contributed by atoms with Crippen molar-refractivity contribution in [1.29, 1.82) is 0 Å². The fraction of sp³-hybridized carbons (Fsp3) is 0.667. The van der Waals surface area contributed by atoms with Crippen molar-refractivity contribution in [2.24, 2.45) is 0 Å². The molecule has 0 saturated carbocycles. The number of piperazine rings is 1. The van der Waals surface area contributed by atoms with Crippen LogP contribution in [0.1, 0.15) is 36.1 Å². The molecule has 1 aliphatic carbocycles. The van der Waals surface area contributed by atoms with Gasteiger partial charge in [-0.25, -0.2) is 4.98 Å². The number of hydrogen-bond donors (Lipinski definition) is 1. The second-order valence-corrected chi connectivity index (χ2v) is 5.75. The average molecular weight is 299 g/mol. The predicted octanol–water partition coefficient (Wildman–Crippen LogP) is 2.78. The van der Waals surface area contributed by atoms with Crippen LogP contribution in [0, 0.1) is 0 Å². The number of fused-ring (bicyclic) bond motifs is 1. The summed E-state index contributed by atoms with van der Waals surface area (Å²) in [6, 6.07) is 1.26. The van der Waals surface area contributed by atoms with Crippen molar-refractivity contribution in [1.82, 2.24) is 10.3 Å². The standard InChI is InChI=1S/C15H20F3N3/c16-15(17,18)12-10-14(21-8-6-19-7-9-21)20-13-5-3-1-2-4-11(12)13/h10,19H,1-9H2. The molecule has 0 unspecified atom stereocenters. The lowest BCUT2D eigenvalue weighted by molar-refractivity contribution is -0.138. The molecule has 1 aromatic heterocycles. The van der Waals surface area contributed by atoms with Gasteiger partial charge in [0.2, 0.25) is 0 Å². The Morgan fingerprint density at radius 2 is 1.76 bits per heavy atom. The molecule has 2 aliphatic rings. The molecule has 21 heavy (non-hydrogen) atoms. The molecule has 0 radical (unpaired) electrons. The van der Waals surface area contributed by atoms with E-state index in [9.17, 15) is 13.2 Å². The van der Waals surface area contributed by atoms with Crippen LogP contribution in [-0.2, 0) is 19.0 Å². The van der Waals surface area contributed by atoms with Crippen molar-refractivity contribution in [3.8, 4) is 0 Å². The Kier molecular flexibility index (Phi) is 4.06. The highest BCUT2D eigenvalue weighted by atomic mass is 19.4. The second kappa shape index (κ2) is 5.83. The third-order valence-corrected chi connectivity index (χ3v) is 4.28. The van der Waals surface area contributed by atoms with Gasteiger partial charge in [0.25, 0.3) is 0 Å². The molecule has 0 atom stereocenters. The quantitative estimate of drug-likeness (QED) is 0.808. The first kappa shape index (κ1) is 14.6. The fourth-order valence-electron chi connectivity index (χ4n) is 3.18. The molecular weight excluding hydrogens is 279 g/mol. The molecule has 0 bridgehead atoms. The highest BCUT2D eigenvalue weighted by Crippen LogP contribution is 2.37. The zero-order valence-electron chi connectivity index (χ0n) is 12.0. The Morgan fingerprint density at radius 1 is 1.05 bits per heavy atom. The maximum Gasteiger partial charge on any atom is 0.416 e. The van der Waals surface area contributed by atoms with Gasteiger partial charge in [0.05, 0.1) is 5.56 Å². The highest BCUT2D eigenvalue weighted by molar-refractivity contribution is 5.48. The molecule has 1 N–H and O–H groups in total. The minimum atomic E-state index is -4.29. The second-order valence-electron chi connectivity index (χ2n) is 5.75. The third-order valence-electron chi connectivity index (χ3n) is 4.28. The number of rotatable bonds is 1. The number of anilines is 1. The van der Waals surface area contributed by atoms with Crippen LogP contribution in [0.25, 0.3) is 0 Å². The zero-order chi connectivity index (χ0) is 14.9. The van der Waals surface area contributed by atoms with Crippen molar-refractivity contribution < 1.29 is 13.2 Å². The summed E-state index contributed by atoms with van der Waals surface area (Å²) in [4.78, 5) is 6.52. The van der Waals surface area contributed by atoms with E-state index < -0.39 is 11.7 Å². The third kappa shape index (κ3) is 3.15. The van der Waals surface area contributed by atoms with Gasteiger partial charge in [0.15, 0.2) is 0 Å². The van der Waals surface area contributed by atoms with Crippen LogP contribution in [0.2, 0.25) is 0 Å². The van der Waals surface area contributed by atoms with Crippen LogP contribution in [0.4, 0.5) is 19.0 Å². The van der Waals surface area contributed by atoms with E-state index in [2.05, 4.69) is 10.3 Å². The van der Waals surface area contributed by atoms with E-state index in [1.165, 1.54) is 6.07 Å². The molecule has 1 aromatic rings. The Bertz CT molecular complexity index is 508. The monoisotopic (exact) mass is 299 g/mol. The van der Waals surface area contributed by atoms with Gasteiger partial charge in [0.1, 0.15) is 5.82 Å². The van der Waals surface area contributed by atoms with Gasteiger partial charge >= 0.3 is 6.18 Å². The Labute approximate surface area is 122 Å². The number of alkyl halides is 3. The van der Waals surface area contributed by atoms with E-state index in [0.717, 1.165) is 32.4 Å². The normalized spacial score (nSPS) is 20.0. The van der Waals surface area contributed by atoms with Crippen LogP contribution >= 0.6 is 0 Å². The summed E-state index contributed by atoms with van der Waals surface area (Å²) < 4.78 is 40.2. The number of nitrogens with zero attached hydrogens (tertiary/aromatic N) is 2. The van der Waals surface area contributed by atoms with Gasteiger partial charge < -0.3 is 10.2 Å². The number of halogens is 3. The molecule has 1 saturated heterocycles. The summed E-state index contributed by atoms with van der Waals surface area (Å²) >= 11 is 0. The highest BCUT2D eigenvalue weighted by Gasteiger charge is 2.36. The lowest BCUT2D eigenvalue weighted by Gasteiger charge is -2.30. The van der Waals surface area contributed by atoms with Gasteiger partial charge in [-0.05, 0) is 37.3 Å². The van der Waals surface area contributed by atoms with E-state index >= 15 is 0 Å². The van der Waals surface area contributed by atoms with Crippen molar-refractivity contribution in [3.63, 3.8) is 0 Å². The maximum absolute atomic E-state index is 13.4. The van der Waals surface area contributed by atoms with Crippen molar-refractivity contribution >= 4 is 5.82 Å². The van der Waals surface area contributed by atoms with Gasteiger partial charge in [-0.1, -0.05) is 6.42 Å². The lowest BCUT2D eigenvalue weighted by atomic mass is 10.0.